The van der Waals surface area contributed by atoms with Crippen LogP contribution in [0.3, 0.4) is 0 Å². The molecule has 0 radical (unpaired) electrons. The van der Waals surface area contributed by atoms with Crippen molar-refractivity contribution in [2.45, 2.75) is 32.8 Å². The van der Waals surface area contributed by atoms with Crippen LogP contribution in [0.4, 0.5) is 5.82 Å². The number of hydrogen-bond donors (Lipinski definition) is 2. The molecule has 110 valence electrons. The molecule has 0 aliphatic carbocycles. The number of carbonyl (C=O) groups excluding carboxylic acids is 1. The van der Waals surface area contributed by atoms with Gasteiger partial charge in [-0.15, -0.1) is 0 Å². The number of piperidine rings is 1. The number of hydrogen-bond acceptors (Lipinski definition) is 4. The van der Waals surface area contributed by atoms with Gasteiger partial charge in [-0.25, -0.2) is 4.98 Å². The fraction of sp³-hybridized carbons (Fsp3) is 0.600. The summed E-state index contributed by atoms with van der Waals surface area (Å²) in [5, 5.41) is 10.1. The number of nitrogens with two attached hydrogens (primary N) is 1. The third-order valence-electron chi connectivity index (χ3n) is 3.98. The Morgan fingerprint density at radius 1 is 1.40 bits per heavy atom. The molecule has 1 saturated heterocycles. The molecule has 0 aromatic carbocycles. The highest BCUT2D eigenvalue weighted by Crippen LogP contribution is 2.25. The minimum absolute atomic E-state index is 0.0743. The number of aromatic nitrogens is 1. The summed E-state index contributed by atoms with van der Waals surface area (Å²) < 4.78 is 0. The Kier molecular flexibility index (Phi) is 4.60. The Morgan fingerprint density at radius 3 is 2.60 bits per heavy atom. The molecular weight excluding hydrogens is 254 g/mol. The summed E-state index contributed by atoms with van der Waals surface area (Å²) in [5.41, 5.74) is 6.00. The predicted octanol–water partition coefficient (Wildman–Crippen LogP) is 1.53. The maximum atomic E-state index is 12.3. The third-order valence-corrected chi connectivity index (χ3v) is 3.98. The highest BCUT2D eigenvalue weighted by Gasteiger charge is 2.29. The minimum atomic E-state index is -0.280. The van der Waals surface area contributed by atoms with E-state index in [9.17, 15) is 9.90 Å². The van der Waals surface area contributed by atoms with Crippen LogP contribution in [0, 0.1) is 11.8 Å². The highest BCUT2D eigenvalue weighted by molar-refractivity contribution is 5.92. The second-order valence-electron chi connectivity index (χ2n) is 5.81. The number of pyridine rings is 1. The van der Waals surface area contributed by atoms with Crippen molar-refractivity contribution in [3.63, 3.8) is 0 Å². The lowest BCUT2D eigenvalue weighted by molar-refractivity contribution is 0.0260. The highest BCUT2D eigenvalue weighted by atomic mass is 16.3. The zero-order chi connectivity index (χ0) is 14.7. The van der Waals surface area contributed by atoms with Gasteiger partial charge in [0.1, 0.15) is 11.5 Å². The summed E-state index contributed by atoms with van der Waals surface area (Å²) in [5.74, 6) is 0.835. The lowest BCUT2D eigenvalue weighted by atomic mass is 9.85. The molecule has 1 unspecified atom stereocenters. The van der Waals surface area contributed by atoms with Crippen molar-refractivity contribution in [1.29, 1.82) is 0 Å². The van der Waals surface area contributed by atoms with Crippen LogP contribution in [0.25, 0.3) is 0 Å². The fourth-order valence-corrected chi connectivity index (χ4v) is 2.72. The average molecular weight is 277 g/mol. The number of aliphatic hydroxyl groups excluding tert-OH is 1. The van der Waals surface area contributed by atoms with Crippen molar-refractivity contribution in [2.24, 2.45) is 11.8 Å². The maximum Gasteiger partial charge on any atom is 0.272 e. The number of nitrogen functional groups attached to an aromatic ring is 1. The molecule has 1 amide bonds. The summed E-state index contributed by atoms with van der Waals surface area (Å²) in [6.45, 7) is 5.39. The van der Waals surface area contributed by atoms with E-state index in [1.165, 1.54) is 0 Å². The van der Waals surface area contributed by atoms with E-state index < -0.39 is 0 Å². The van der Waals surface area contributed by atoms with Crippen LogP contribution >= 0.6 is 0 Å². The second-order valence-corrected chi connectivity index (χ2v) is 5.81. The van der Waals surface area contributed by atoms with Gasteiger partial charge < -0.3 is 15.7 Å². The van der Waals surface area contributed by atoms with E-state index in [4.69, 9.17) is 5.73 Å². The van der Waals surface area contributed by atoms with E-state index in [0.29, 0.717) is 24.6 Å². The molecule has 1 aromatic heterocycles. The van der Waals surface area contributed by atoms with Gasteiger partial charge in [-0.2, -0.15) is 0 Å². The SMILES string of the molecule is CC(C)C(O)C1CCN(C(=O)c2cccc(N)n2)CC1. The van der Waals surface area contributed by atoms with Crippen LogP contribution in [-0.2, 0) is 0 Å². The van der Waals surface area contributed by atoms with Gasteiger partial charge in [0.15, 0.2) is 0 Å². The molecule has 2 heterocycles. The molecule has 1 aromatic rings. The van der Waals surface area contributed by atoms with E-state index >= 15 is 0 Å². The smallest absolute Gasteiger partial charge is 0.272 e. The predicted molar refractivity (Wildman–Crippen MR) is 78.1 cm³/mol. The van der Waals surface area contributed by atoms with Gasteiger partial charge in [-0.3, -0.25) is 4.79 Å². The van der Waals surface area contributed by atoms with Crippen LogP contribution in [0.15, 0.2) is 18.2 Å². The van der Waals surface area contributed by atoms with Gasteiger partial charge in [0.25, 0.3) is 5.91 Å². The van der Waals surface area contributed by atoms with Crippen molar-refractivity contribution >= 4 is 11.7 Å². The normalized spacial score (nSPS) is 18.3. The first kappa shape index (κ1) is 14.8. The van der Waals surface area contributed by atoms with Crippen molar-refractivity contribution in [3.05, 3.63) is 23.9 Å². The van der Waals surface area contributed by atoms with Gasteiger partial charge >= 0.3 is 0 Å². The third kappa shape index (κ3) is 3.28. The molecular formula is C15H23N3O2. The Balaban J connectivity index is 1.95. The van der Waals surface area contributed by atoms with Crippen LogP contribution in [0.2, 0.25) is 0 Å². The Hall–Kier alpha value is -1.62. The van der Waals surface area contributed by atoms with Crippen molar-refractivity contribution in [3.8, 4) is 0 Å². The molecule has 5 heteroatoms. The van der Waals surface area contributed by atoms with E-state index in [2.05, 4.69) is 4.98 Å². The average Bonchev–Trinajstić information content (AvgIpc) is 2.46. The molecule has 0 saturated carbocycles. The molecule has 5 nitrogen and oxygen atoms in total. The Labute approximate surface area is 119 Å². The topological polar surface area (TPSA) is 79.5 Å². The van der Waals surface area contributed by atoms with Crippen molar-refractivity contribution < 1.29 is 9.90 Å². The quantitative estimate of drug-likeness (QED) is 0.878. The monoisotopic (exact) mass is 277 g/mol. The van der Waals surface area contributed by atoms with E-state index in [0.717, 1.165) is 12.8 Å². The van der Waals surface area contributed by atoms with Crippen LogP contribution in [0.1, 0.15) is 37.2 Å². The minimum Gasteiger partial charge on any atom is -0.393 e. The Morgan fingerprint density at radius 2 is 2.05 bits per heavy atom. The molecule has 0 spiro atoms. The number of carbonyl (C=O) groups is 1. The lowest BCUT2D eigenvalue weighted by Crippen LogP contribution is -2.42. The first-order chi connectivity index (χ1) is 9.49. The van der Waals surface area contributed by atoms with Crippen molar-refractivity contribution in [2.75, 3.05) is 18.8 Å². The van der Waals surface area contributed by atoms with Crippen LogP contribution in [0.5, 0.6) is 0 Å². The van der Waals surface area contributed by atoms with E-state index in [1.54, 1.807) is 23.1 Å². The number of aliphatic hydroxyl groups is 1. The number of anilines is 1. The standard InChI is InChI=1S/C15H23N3O2/c1-10(2)14(19)11-6-8-18(9-7-11)15(20)12-4-3-5-13(16)17-12/h3-5,10-11,14,19H,6-9H2,1-2H3,(H2,16,17). The molecule has 3 N–H and O–H groups in total. The van der Waals surface area contributed by atoms with Crippen LogP contribution < -0.4 is 5.73 Å². The van der Waals surface area contributed by atoms with Crippen molar-refractivity contribution in [1.82, 2.24) is 9.88 Å². The zero-order valence-corrected chi connectivity index (χ0v) is 12.1. The number of likely N-dealkylation sites (tertiary alicyclic amines) is 1. The summed E-state index contributed by atoms with van der Waals surface area (Å²) in [7, 11) is 0. The number of nitrogens with zero attached hydrogens (tertiary/aromatic N) is 2. The fourth-order valence-electron chi connectivity index (χ4n) is 2.72. The zero-order valence-electron chi connectivity index (χ0n) is 12.1. The molecule has 1 aliphatic heterocycles. The van der Waals surface area contributed by atoms with Gasteiger partial charge in [0.05, 0.1) is 6.10 Å². The van der Waals surface area contributed by atoms with Gasteiger partial charge in [0.2, 0.25) is 0 Å². The molecule has 0 bridgehead atoms. The summed E-state index contributed by atoms with van der Waals surface area (Å²) in [6.07, 6.45) is 1.40. The first-order valence-electron chi connectivity index (χ1n) is 7.19. The number of rotatable bonds is 3. The Bertz CT molecular complexity index is 468. The van der Waals surface area contributed by atoms with E-state index in [-0.39, 0.29) is 23.8 Å². The van der Waals surface area contributed by atoms with Crippen LogP contribution in [-0.4, -0.2) is 40.1 Å². The summed E-state index contributed by atoms with van der Waals surface area (Å²) in [4.78, 5) is 18.2. The largest absolute Gasteiger partial charge is 0.393 e. The molecule has 20 heavy (non-hydrogen) atoms. The second kappa shape index (κ2) is 6.22. The number of amides is 1. The van der Waals surface area contributed by atoms with Gasteiger partial charge in [-0.05, 0) is 36.8 Å². The first-order valence-corrected chi connectivity index (χ1v) is 7.19. The maximum absolute atomic E-state index is 12.3. The molecule has 1 aliphatic rings. The van der Waals surface area contributed by atoms with E-state index in [1.807, 2.05) is 13.8 Å². The van der Waals surface area contributed by atoms with Gasteiger partial charge in [-0.1, -0.05) is 19.9 Å². The lowest BCUT2D eigenvalue weighted by Gasteiger charge is -2.35. The summed E-state index contributed by atoms with van der Waals surface area (Å²) >= 11 is 0. The van der Waals surface area contributed by atoms with Gasteiger partial charge in [0, 0.05) is 13.1 Å². The molecule has 2 rings (SSSR count). The molecule has 1 fully saturated rings. The summed E-state index contributed by atoms with van der Waals surface area (Å²) in [6, 6.07) is 5.10. The molecule has 1 atom stereocenters.